The Hall–Kier alpha value is -1.79. The van der Waals surface area contributed by atoms with Crippen molar-refractivity contribution in [1.29, 1.82) is 0 Å². The fourth-order valence-electron chi connectivity index (χ4n) is 3.23. The van der Waals surface area contributed by atoms with Crippen LogP contribution in [0.2, 0.25) is 0 Å². The van der Waals surface area contributed by atoms with E-state index < -0.39 is 40.9 Å². The number of alkyl halides is 2. The number of rotatable bonds is 6. The maximum Gasteiger partial charge on any atom is 0.511 e. The summed E-state index contributed by atoms with van der Waals surface area (Å²) >= 11 is 0. The van der Waals surface area contributed by atoms with Gasteiger partial charge in [-0.15, -0.1) is 0 Å². The van der Waals surface area contributed by atoms with Gasteiger partial charge in [0.25, 0.3) is 5.92 Å². The van der Waals surface area contributed by atoms with Gasteiger partial charge < -0.3 is 9.84 Å². The predicted molar refractivity (Wildman–Crippen MR) is 79.5 cm³/mol. The molecule has 0 bridgehead atoms. The van der Waals surface area contributed by atoms with Gasteiger partial charge in [0, 0.05) is 17.0 Å². The van der Waals surface area contributed by atoms with Crippen LogP contribution < -0.4 is 4.74 Å². The van der Waals surface area contributed by atoms with E-state index in [9.17, 15) is 22.4 Å². The van der Waals surface area contributed by atoms with Crippen molar-refractivity contribution in [1.82, 2.24) is 0 Å². The zero-order valence-electron chi connectivity index (χ0n) is 13.4. The first-order chi connectivity index (χ1) is 11.3. The first-order valence-corrected chi connectivity index (χ1v) is 8.09. The number of ether oxygens (including phenoxy) is 1. The van der Waals surface area contributed by atoms with Gasteiger partial charge in [-0.3, -0.25) is 0 Å². The first-order valence-electron chi connectivity index (χ1n) is 8.09. The molecule has 1 unspecified atom stereocenters. The van der Waals surface area contributed by atoms with Gasteiger partial charge in [-0.1, -0.05) is 32.6 Å². The molecule has 0 saturated carbocycles. The maximum absolute atomic E-state index is 14.6. The van der Waals surface area contributed by atoms with Gasteiger partial charge in [0.05, 0.1) is 0 Å². The Balaban J connectivity index is 2.28. The summed E-state index contributed by atoms with van der Waals surface area (Å²) in [6.45, 7) is 2.02. The molecule has 3 nitrogen and oxygen atoms in total. The Labute approximate surface area is 137 Å². The van der Waals surface area contributed by atoms with E-state index in [0.29, 0.717) is 18.9 Å². The van der Waals surface area contributed by atoms with Crippen LogP contribution in [0.15, 0.2) is 6.07 Å². The summed E-state index contributed by atoms with van der Waals surface area (Å²) in [7, 11) is 0. The lowest BCUT2D eigenvalue weighted by atomic mass is 9.77. The number of hydrogen-bond donors (Lipinski definition) is 1. The first kappa shape index (κ1) is 18.5. The molecule has 0 aliphatic heterocycles. The largest absolute Gasteiger partial charge is 0.511 e. The van der Waals surface area contributed by atoms with Crippen molar-refractivity contribution in [3.8, 4) is 5.75 Å². The number of benzene rings is 1. The van der Waals surface area contributed by atoms with Crippen molar-refractivity contribution in [2.45, 2.75) is 57.8 Å². The number of carbonyl (C=O) groups is 1. The summed E-state index contributed by atoms with van der Waals surface area (Å²) in [4.78, 5) is 10.5. The predicted octanol–water partition coefficient (Wildman–Crippen LogP) is 5.65. The van der Waals surface area contributed by atoms with E-state index in [4.69, 9.17) is 5.11 Å². The van der Waals surface area contributed by atoms with Crippen LogP contribution in [0.4, 0.5) is 22.4 Å². The molecule has 1 aliphatic rings. The van der Waals surface area contributed by atoms with Crippen molar-refractivity contribution in [3.05, 3.63) is 28.8 Å². The molecule has 0 heterocycles. The maximum atomic E-state index is 14.6. The highest BCUT2D eigenvalue weighted by Gasteiger charge is 2.47. The van der Waals surface area contributed by atoms with Crippen LogP contribution in [0.1, 0.15) is 56.6 Å². The third-order valence-corrected chi connectivity index (χ3v) is 4.49. The summed E-state index contributed by atoms with van der Waals surface area (Å²) in [5.41, 5.74) is -1.05. The van der Waals surface area contributed by atoms with Gasteiger partial charge in [0.2, 0.25) is 5.75 Å². The zero-order chi connectivity index (χ0) is 17.9. The molecule has 0 radical (unpaired) electrons. The third kappa shape index (κ3) is 3.65. The molecular formula is C17H20F4O3. The van der Waals surface area contributed by atoms with E-state index in [-0.39, 0.29) is 18.4 Å². The van der Waals surface area contributed by atoms with Crippen LogP contribution in [0.25, 0.3) is 0 Å². The average molecular weight is 348 g/mol. The van der Waals surface area contributed by atoms with Crippen molar-refractivity contribution >= 4 is 6.16 Å². The van der Waals surface area contributed by atoms with Crippen LogP contribution in [-0.4, -0.2) is 11.3 Å². The topological polar surface area (TPSA) is 46.5 Å². The molecule has 24 heavy (non-hydrogen) atoms. The number of unbranched alkanes of at least 4 members (excludes halogenated alkanes) is 3. The molecule has 2 rings (SSSR count). The molecular weight excluding hydrogens is 328 g/mol. The van der Waals surface area contributed by atoms with Crippen molar-refractivity contribution in [2.24, 2.45) is 5.92 Å². The molecule has 1 N–H and O–H groups in total. The smallest absolute Gasteiger partial charge is 0.449 e. The Morgan fingerprint density at radius 3 is 2.67 bits per heavy atom. The van der Waals surface area contributed by atoms with E-state index in [1.807, 2.05) is 6.92 Å². The highest BCUT2D eigenvalue weighted by atomic mass is 19.3. The fraction of sp³-hybridized carbons (Fsp3) is 0.588. The molecule has 1 aromatic rings. The van der Waals surface area contributed by atoms with Gasteiger partial charge >= 0.3 is 6.16 Å². The SMILES string of the molecule is CCCCCCC1CCc2c(cc(F)c(OC(=O)O)c2F)C1(F)F. The lowest BCUT2D eigenvalue weighted by molar-refractivity contribution is -0.0798. The van der Waals surface area contributed by atoms with Crippen LogP contribution in [0.5, 0.6) is 5.75 Å². The van der Waals surface area contributed by atoms with Gasteiger partial charge in [-0.25, -0.2) is 22.4 Å². The lowest BCUT2D eigenvalue weighted by Gasteiger charge is -2.34. The normalized spacial score (nSPS) is 19.0. The van der Waals surface area contributed by atoms with E-state index in [1.165, 1.54) is 0 Å². The fourth-order valence-corrected chi connectivity index (χ4v) is 3.23. The Kier molecular flexibility index (Phi) is 5.72. The Bertz CT molecular complexity index is 616. The number of carboxylic acid groups (broad SMARTS) is 1. The summed E-state index contributed by atoms with van der Waals surface area (Å²) in [5.74, 6) is -8.23. The Morgan fingerprint density at radius 2 is 2.04 bits per heavy atom. The van der Waals surface area contributed by atoms with Crippen molar-refractivity contribution in [2.75, 3.05) is 0 Å². The molecule has 134 valence electrons. The summed E-state index contributed by atoms with van der Waals surface area (Å²) in [6.07, 6.45) is 1.93. The van der Waals surface area contributed by atoms with Crippen molar-refractivity contribution < 1.29 is 32.2 Å². The van der Waals surface area contributed by atoms with E-state index in [2.05, 4.69) is 4.74 Å². The molecule has 0 fully saturated rings. The van der Waals surface area contributed by atoms with Gasteiger partial charge in [-0.05, 0) is 25.3 Å². The van der Waals surface area contributed by atoms with Crippen LogP contribution in [0, 0.1) is 17.6 Å². The highest BCUT2D eigenvalue weighted by Crippen LogP contribution is 2.48. The van der Waals surface area contributed by atoms with Crippen LogP contribution >= 0.6 is 0 Å². The summed E-state index contributed by atoms with van der Waals surface area (Å²) in [5, 5.41) is 8.50. The van der Waals surface area contributed by atoms with Crippen LogP contribution in [0.3, 0.4) is 0 Å². The van der Waals surface area contributed by atoms with Crippen LogP contribution in [-0.2, 0) is 12.3 Å². The quantitative estimate of drug-likeness (QED) is 0.313. The molecule has 1 aromatic carbocycles. The number of hydrogen-bond acceptors (Lipinski definition) is 2. The summed E-state index contributed by atoms with van der Waals surface area (Å²) in [6, 6.07) is 0.509. The second-order valence-electron chi connectivity index (χ2n) is 6.10. The van der Waals surface area contributed by atoms with E-state index in [0.717, 1.165) is 19.3 Å². The standard InChI is InChI=1S/C17H20F4O3/c1-2-3-4-5-6-10-7-8-11-12(17(10,20)21)9-13(18)15(14(11)19)24-16(22)23/h9-10H,2-8H2,1H3,(H,22,23). The molecule has 0 spiro atoms. The minimum Gasteiger partial charge on any atom is -0.449 e. The lowest BCUT2D eigenvalue weighted by Crippen LogP contribution is -2.33. The molecule has 1 aliphatic carbocycles. The van der Waals surface area contributed by atoms with Crippen molar-refractivity contribution in [3.63, 3.8) is 0 Å². The minimum absolute atomic E-state index is 0.00542. The van der Waals surface area contributed by atoms with Gasteiger partial charge in [0.15, 0.2) is 11.6 Å². The highest BCUT2D eigenvalue weighted by molar-refractivity contribution is 5.62. The van der Waals surface area contributed by atoms with Gasteiger partial charge in [-0.2, -0.15) is 0 Å². The van der Waals surface area contributed by atoms with E-state index in [1.54, 1.807) is 0 Å². The summed E-state index contributed by atoms with van der Waals surface area (Å²) < 4.78 is 61.4. The average Bonchev–Trinajstić information content (AvgIpc) is 2.50. The zero-order valence-corrected chi connectivity index (χ0v) is 13.4. The number of halogens is 4. The number of fused-ring (bicyclic) bond motifs is 1. The molecule has 1 atom stereocenters. The monoisotopic (exact) mass is 348 g/mol. The molecule has 0 aromatic heterocycles. The molecule has 0 amide bonds. The molecule has 7 heteroatoms. The second-order valence-corrected chi connectivity index (χ2v) is 6.10. The van der Waals surface area contributed by atoms with Gasteiger partial charge in [0.1, 0.15) is 0 Å². The van der Waals surface area contributed by atoms with E-state index >= 15 is 0 Å². The minimum atomic E-state index is -3.34. The third-order valence-electron chi connectivity index (χ3n) is 4.49. The molecule has 0 saturated heterocycles. The second kappa shape index (κ2) is 7.40. The Morgan fingerprint density at radius 1 is 1.33 bits per heavy atom.